The molecule has 0 atom stereocenters. The second kappa shape index (κ2) is 7.99. The van der Waals surface area contributed by atoms with Crippen LogP contribution in [0.25, 0.3) is 0 Å². The largest absolute Gasteiger partial charge is 0.492 e. The number of carbonyl (C=O) groups excluding carboxylic acids is 2. The van der Waals surface area contributed by atoms with Crippen LogP contribution in [-0.2, 0) is 6.42 Å². The molecule has 4 nitrogen and oxygen atoms in total. The van der Waals surface area contributed by atoms with E-state index in [-0.39, 0.29) is 24.4 Å². The van der Waals surface area contributed by atoms with Crippen LogP contribution in [0.4, 0.5) is 0 Å². The number of hydrogen-bond acceptors (Lipinski definition) is 3. The Kier molecular flexibility index (Phi) is 6.02. The van der Waals surface area contributed by atoms with Crippen molar-refractivity contribution in [2.45, 2.75) is 6.42 Å². The zero-order chi connectivity index (χ0) is 16.8. The Morgan fingerprint density at radius 1 is 1.09 bits per heavy atom. The molecule has 2 rings (SSSR count). The van der Waals surface area contributed by atoms with E-state index >= 15 is 0 Å². The minimum atomic E-state index is -0.602. The topological polar surface area (TPSA) is 69.4 Å². The van der Waals surface area contributed by atoms with Gasteiger partial charge in [-0.05, 0) is 35.9 Å². The number of rotatable bonds is 7. The van der Waals surface area contributed by atoms with E-state index in [9.17, 15) is 9.59 Å². The van der Waals surface area contributed by atoms with Crippen molar-refractivity contribution >= 4 is 34.9 Å². The van der Waals surface area contributed by atoms with Gasteiger partial charge in [0.05, 0.1) is 11.4 Å². The molecular weight excluding hydrogens is 337 g/mol. The highest BCUT2D eigenvalue weighted by Gasteiger charge is 2.16. The van der Waals surface area contributed by atoms with Crippen LogP contribution in [0.5, 0.6) is 5.75 Å². The van der Waals surface area contributed by atoms with Crippen LogP contribution in [0.15, 0.2) is 42.5 Å². The number of carbonyl (C=O) groups is 2. The van der Waals surface area contributed by atoms with E-state index in [1.54, 1.807) is 30.3 Å². The zero-order valence-corrected chi connectivity index (χ0v) is 13.7. The standard InChI is InChI=1S/C17H15Cl2NO3/c18-7-8-23-16-6-3-12(17(20)22)10-14(16)15(21)9-11-1-4-13(19)5-2-11/h1-6,10H,7-9H2,(H2,20,22). The normalized spacial score (nSPS) is 10.3. The van der Waals surface area contributed by atoms with Crippen molar-refractivity contribution in [2.24, 2.45) is 5.73 Å². The fourth-order valence-electron chi connectivity index (χ4n) is 2.06. The highest BCUT2D eigenvalue weighted by atomic mass is 35.5. The molecule has 23 heavy (non-hydrogen) atoms. The van der Waals surface area contributed by atoms with Gasteiger partial charge in [-0.3, -0.25) is 9.59 Å². The summed E-state index contributed by atoms with van der Waals surface area (Å²) in [5.41, 5.74) is 6.65. The summed E-state index contributed by atoms with van der Waals surface area (Å²) >= 11 is 11.4. The molecule has 0 heterocycles. The summed E-state index contributed by atoms with van der Waals surface area (Å²) in [5.74, 6) is -0.105. The lowest BCUT2D eigenvalue weighted by molar-refractivity contribution is 0.0989. The molecular formula is C17H15Cl2NO3. The maximum absolute atomic E-state index is 12.6. The lowest BCUT2D eigenvalue weighted by Gasteiger charge is -2.11. The van der Waals surface area contributed by atoms with E-state index in [4.69, 9.17) is 33.7 Å². The summed E-state index contributed by atoms with van der Waals surface area (Å²) in [5, 5.41) is 0.600. The SMILES string of the molecule is NC(=O)c1ccc(OCCCl)c(C(=O)Cc2ccc(Cl)cc2)c1. The number of halogens is 2. The number of ketones is 1. The number of Topliss-reactive ketones (excluding diaryl/α,β-unsaturated/α-hetero) is 1. The van der Waals surface area contributed by atoms with Crippen LogP contribution in [0.1, 0.15) is 26.3 Å². The smallest absolute Gasteiger partial charge is 0.248 e. The summed E-state index contributed by atoms with van der Waals surface area (Å²) < 4.78 is 5.47. The molecule has 0 spiro atoms. The van der Waals surface area contributed by atoms with Crippen LogP contribution < -0.4 is 10.5 Å². The van der Waals surface area contributed by atoms with Crippen LogP contribution >= 0.6 is 23.2 Å². The van der Waals surface area contributed by atoms with Gasteiger partial charge >= 0.3 is 0 Å². The Hall–Kier alpha value is -2.04. The Morgan fingerprint density at radius 2 is 1.78 bits per heavy atom. The van der Waals surface area contributed by atoms with Crippen LogP contribution in [-0.4, -0.2) is 24.2 Å². The third-order valence-corrected chi connectivity index (χ3v) is 3.58. The quantitative estimate of drug-likeness (QED) is 0.613. The monoisotopic (exact) mass is 351 g/mol. The molecule has 0 saturated carbocycles. The van der Waals surface area contributed by atoms with Crippen molar-refractivity contribution in [3.8, 4) is 5.75 Å². The van der Waals surface area contributed by atoms with Gasteiger partial charge in [0.25, 0.3) is 0 Å². The first kappa shape index (κ1) is 17.3. The van der Waals surface area contributed by atoms with Gasteiger partial charge in [-0.1, -0.05) is 23.7 Å². The maximum Gasteiger partial charge on any atom is 0.248 e. The van der Waals surface area contributed by atoms with Crippen molar-refractivity contribution in [1.29, 1.82) is 0 Å². The van der Waals surface area contributed by atoms with Crippen LogP contribution in [0, 0.1) is 0 Å². The molecule has 0 unspecified atom stereocenters. The number of nitrogens with two attached hydrogens (primary N) is 1. The van der Waals surface area contributed by atoms with E-state index < -0.39 is 5.91 Å². The molecule has 1 amide bonds. The van der Waals surface area contributed by atoms with Gasteiger partial charge in [0.2, 0.25) is 5.91 Å². The molecule has 0 fully saturated rings. The summed E-state index contributed by atoms with van der Waals surface area (Å²) in [6.07, 6.45) is 0.163. The van der Waals surface area contributed by atoms with Gasteiger partial charge in [0.15, 0.2) is 5.78 Å². The summed E-state index contributed by atoms with van der Waals surface area (Å²) in [7, 11) is 0. The van der Waals surface area contributed by atoms with E-state index in [0.717, 1.165) is 5.56 Å². The van der Waals surface area contributed by atoms with E-state index in [1.807, 2.05) is 0 Å². The summed E-state index contributed by atoms with van der Waals surface area (Å²) in [4.78, 5) is 23.9. The third-order valence-electron chi connectivity index (χ3n) is 3.18. The molecule has 2 aromatic rings. The van der Waals surface area contributed by atoms with E-state index in [2.05, 4.69) is 0 Å². The number of alkyl halides is 1. The van der Waals surface area contributed by atoms with Crippen molar-refractivity contribution in [2.75, 3.05) is 12.5 Å². The molecule has 0 aliphatic rings. The molecule has 2 N–H and O–H groups in total. The second-order valence-corrected chi connectivity index (χ2v) is 5.65. The van der Waals surface area contributed by atoms with Crippen LogP contribution in [0.3, 0.4) is 0 Å². The zero-order valence-electron chi connectivity index (χ0n) is 12.2. The number of benzene rings is 2. The molecule has 0 radical (unpaired) electrons. The Labute approximate surface area is 144 Å². The Balaban J connectivity index is 2.29. The highest BCUT2D eigenvalue weighted by molar-refractivity contribution is 6.30. The van der Waals surface area contributed by atoms with E-state index in [0.29, 0.717) is 22.2 Å². The average molecular weight is 352 g/mol. The van der Waals surface area contributed by atoms with Gasteiger partial charge in [0, 0.05) is 17.0 Å². The fourth-order valence-corrected chi connectivity index (χ4v) is 2.26. The van der Waals surface area contributed by atoms with Crippen molar-refractivity contribution in [3.63, 3.8) is 0 Å². The number of hydrogen-bond donors (Lipinski definition) is 1. The molecule has 0 aromatic heterocycles. The first-order valence-corrected chi connectivity index (χ1v) is 7.82. The van der Waals surface area contributed by atoms with Gasteiger partial charge in [-0.2, -0.15) is 0 Å². The van der Waals surface area contributed by atoms with E-state index in [1.165, 1.54) is 12.1 Å². The Morgan fingerprint density at radius 3 is 2.39 bits per heavy atom. The second-order valence-electron chi connectivity index (χ2n) is 4.84. The first-order chi connectivity index (χ1) is 11.0. The lowest BCUT2D eigenvalue weighted by Crippen LogP contribution is -2.14. The predicted octanol–water partition coefficient (Wildman–Crippen LogP) is 3.48. The minimum Gasteiger partial charge on any atom is -0.492 e. The van der Waals surface area contributed by atoms with Crippen molar-refractivity contribution in [3.05, 3.63) is 64.2 Å². The predicted molar refractivity (Wildman–Crippen MR) is 90.7 cm³/mol. The first-order valence-electron chi connectivity index (χ1n) is 6.91. The lowest BCUT2D eigenvalue weighted by atomic mass is 10.00. The number of amides is 1. The van der Waals surface area contributed by atoms with Gasteiger partial charge in [0.1, 0.15) is 12.4 Å². The van der Waals surface area contributed by atoms with Crippen LogP contribution in [0.2, 0.25) is 5.02 Å². The van der Waals surface area contributed by atoms with Gasteiger partial charge in [-0.25, -0.2) is 0 Å². The molecule has 6 heteroatoms. The maximum atomic E-state index is 12.6. The molecule has 0 saturated heterocycles. The van der Waals surface area contributed by atoms with Crippen molar-refractivity contribution < 1.29 is 14.3 Å². The molecule has 120 valence electrons. The third kappa shape index (κ3) is 4.71. The highest BCUT2D eigenvalue weighted by Crippen LogP contribution is 2.23. The fraction of sp³-hybridized carbons (Fsp3) is 0.176. The summed E-state index contributed by atoms with van der Waals surface area (Å²) in [6.45, 7) is 0.263. The number of primary amides is 1. The molecule has 0 aliphatic heterocycles. The average Bonchev–Trinajstić information content (AvgIpc) is 2.54. The number of ether oxygens (including phenoxy) is 1. The molecule has 2 aromatic carbocycles. The molecule has 0 bridgehead atoms. The minimum absolute atomic E-state index is 0.163. The molecule has 0 aliphatic carbocycles. The van der Waals surface area contributed by atoms with Crippen molar-refractivity contribution in [1.82, 2.24) is 0 Å². The summed E-state index contributed by atoms with van der Waals surface area (Å²) in [6, 6.07) is 11.5. The van der Waals surface area contributed by atoms with Gasteiger partial charge in [-0.15, -0.1) is 11.6 Å². The van der Waals surface area contributed by atoms with Gasteiger partial charge < -0.3 is 10.5 Å². The Bertz CT molecular complexity index is 714.